The van der Waals surface area contributed by atoms with Gasteiger partial charge in [0, 0.05) is 44.7 Å². The Bertz CT molecular complexity index is 1670. The molecule has 2 fully saturated rings. The molecule has 47 heavy (non-hydrogen) atoms. The number of rotatable bonds is 9. The van der Waals surface area contributed by atoms with E-state index < -0.39 is 18.2 Å². The molecule has 2 N–H and O–H groups in total. The van der Waals surface area contributed by atoms with Crippen molar-refractivity contribution in [2.24, 2.45) is 0 Å². The fourth-order valence-electron chi connectivity index (χ4n) is 6.40. The summed E-state index contributed by atoms with van der Waals surface area (Å²) in [5.74, 6) is -0.521. The minimum atomic E-state index is -0.901. The number of phenolic OH excluding ortho intramolecular Hbond substituents is 1. The summed E-state index contributed by atoms with van der Waals surface area (Å²) in [7, 11) is 0. The van der Waals surface area contributed by atoms with E-state index in [2.05, 4.69) is 11.9 Å². The molecule has 2 atom stereocenters. The molecule has 6 rings (SSSR count). The Morgan fingerprint density at radius 3 is 2.36 bits per heavy atom. The maximum Gasteiger partial charge on any atom is 0.334 e. The molecule has 3 aliphatic rings. The van der Waals surface area contributed by atoms with Crippen molar-refractivity contribution in [2.75, 3.05) is 32.7 Å². The number of amides is 5. The molecule has 0 aliphatic carbocycles. The van der Waals surface area contributed by atoms with Gasteiger partial charge in [-0.15, -0.1) is 6.58 Å². The number of nitrogens with one attached hydrogen (secondary N) is 1. The van der Waals surface area contributed by atoms with Crippen molar-refractivity contribution in [1.29, 1.82) is 0 Å². The lowest BCUT2D eigenvalue weighted by atomic mass is 9.98. The van der Waals surface area contributed by atoms with Crippen LogP contribution in [-0.2, 0) is 29.1 Å². The van der Waals surface area contributed by atoms with E-state index in [1.165, 1.54) is 9.91 Å². The lowest BCUT2D eigenvalue weighted by Gasteiger charge is -2.55. The van der Waals surface area contributed by atoms with E-state index in [1.54, 1.807) is 63.3 Å². The van der Waals surface area contributed by atoms with Crippen molar-refractivity contribution in [3.05, 3.63) is 126 Å². The van der Waals surface area contributed by atoms with Crippen LogP contribution < -0.4 is 5.32 Å². The SMILES string of the molecule is C=CCN1CC(=O)N2C(Cc3ccc(O)cc3)C(=O)N(Cc3cccc(C(=O)N4CC=CC4)c3)CC2N1C(=O)NCc1ccccc1. The van der Waals surface area contributed by atoms with Gasteiger partial charge in [-0.25, -0.2) is 14.8 Å². The fraction of sp³-hybridized carbons (Fsp3) is 0.278. The van der Waals surface area contributed by atoms with Gasteiger partial charge in [-0.2, -0.15) is 0 Å². The zero-order valence-electron chi connectivity index (χ0n) is 26.1. The minimum Gasteiger partial charge on any atom is -0.508 e. The van der Waals surface area contributed by atoms with Crippen LogP contribution in [-0.4, -0.2) is 98.5 Å². The highest BCUT2D eigenvalue weighted by Crippen LogP contribution is 2.30. The maximum absolute atomic E-state index is 14.3. The lowest BCUT2D eigenvalue weighted by Crippen LogP contribution is -2.76. The number of aromatic hydroxyl groups is 1. The zero-order valence-corrected chi connectivity index (χ0v) is 26.1. The predicted octanol–water partition coefficient (Wildman–Crippen LogP) is 3.14. The van der Waals surface area contributed by atoms with E-state index in [0.717, 1.165) is 16.7 Å². The fourth-order valence-corrected chi connectivity index (χ4v) is 6.40. The van der Waals surface area contributed by atoms with Crippen molar-refractivity contribution in [3.63, 3.8) is 0 Å². The van der Waals surface area contributed by atoms with Crippen LogP contribution in [0.4, 0.5) is 4.79 Å². The van der Waals surface area contributed by atoms with Gasteiger partial charge in [0.25, 0.3) is 5.91 Å². The van der Waals surface area contributed by atoms with Crippen LogP contribution in [0.1, 0.15) is 27.0 Å². The van der Waals surface area contributed by atoms with Crippen molar-refractivity contribution in [3.8, 4) is 5.75 Å². The Morgan fingerprint density at radius 1 is 0.915 bits per heavy atom. The van der Waals surface area contributed by atoms with Gasteiger partial charge >= 0.3 is 6.03 Å². The Morgan fingerprint density at radius 2 is 1.64 bits per heavy atom. The third-order valence-electron chi connectivity index (χ3n) is 8.68. The van der Waals surface area contributed by atoms with Crippen molar-refractivity contribution >= 4 is 23.8 Å². The van der Waals surface area contributed by atoms with Gasteiger partial charge in [-0.05, 0) is 41.0 Å². The number of hydrogen-bond donors (Lipinski definition) is 2. The average molecular weight is 635 g/mol. The van der Waals surface area contributed by atoms with Gasteiger partial charge in [0.05, 0.1) is 13.1 Å². The first-order valence-electron chi connectivity index (χ1n) is 15.7. The van der Waals surface area contributed by atoms with E-state index in [9.17, 15) is 24.3 Å². The first-order chi connectivity index (χ1) is 22.8. The number of nitrogens with zero attached hydrogens (tertiary/aromatic N) is 5. The number of carbonyl (C=O) groups is 4. The van der Waals surface area contributed by atoms with Gasteiger partial charge in [0.2, 0.25) is 11.8 Å². The summed E-state index contributed by atoms with van der Waals surface area (Å²) in [4.78, 5) is 60.1. The van der Waals surface area contributed by atoms with Crippen molar-refractivity contribution in [2.45, 2.75) is 31.7 Å². The van der Waals surface area contributed by atoms with E-state index in [0.29, 0.717) is 18.7 Å². The van der Waals surface area contributed by atoms with Gasteiger partial charge in [0.1, 0.15) is 18.0 Å². The summed E-state index contributed by atoms with van der Waals surface area (Å²) < 4.78 is 0. The molecule has 3 aromatic carbocycles. The van der Waals surface area contributed by atoms with E-state index in [-0.39, 0.29) is 62.6 Å². The summed E-state index contributed by atoms with van der Waals surface area (Å²) in [6, 6.07) is 22.0. The Hall–Kier alpha value is -5.42. The standard InChI is InChI=1S/C36H38N6O5/c1-2-17-40-25-33(44)41-31(21-26-13-15-30(43)16-14-26)35(46)39(23-28-11-8-12-29(20-28)34(45)38-18-6-7-19-38)24-32(41)42(40)36(47)37-22-27-9-4-3-5-10-27/h2-16,20,31-32,43H,1,17-19,21-25H2,(H,37,47). The van der Waals surface area contributed by atoms with Gasteiger partial charge in [-0.3, -0.25) is 14.4 Å². The molecule has 0 radical (unpaired) electrons. The molecule has 242 valence electrons. The number of piperazine rings is 1. The van der Waals surface area contributed by atoms with Gasteiger partial charge in [-0.1, -0.05) is 72.8 Å². The third kappa shape index (κ3) is 6.90. The first-order valence-corrected chi connectivity index (χ1v) is 15.7. The number of urea groups is 1. The van der Waals surface area contributed by atoms with Crippen molar-refractivity contribution < 1.29 is 24.3 Å². The smallest absolute Gasteiger partial charge is 0.334 e. The quantitative estimate of drug-likeness (QED) is 0.350. The molecule has 11 heteroatoms. The molecular formula is C36H38N6O5. The molecule has 2 unspecified atom stereocenters. The second-order valence-electron chi connectivity index (χ2n) is 11.9. The molecule has 11 nitrogen and oxygen atoms in total. The Kier molecular flexibility index (Phi) is 9.35. The summed E-state index contributed by atoms with van der Waals surface area (Å²) in [6.07, 6.45) is 4.94. The minimum absolute atomic E-state index is 0.0667. The number of hydrogen-bond acceptors (Lipinski definition) is 6. The normalized spacial score (nSPS) is 19.6. The Labute approximate surface area is 273 Å². The van der Waals surface area contributed by atoms with E-state index in [1.807, 2.05) is 48.6 Å². The number of phenols is 1. The molecule has 0 aromatic heterocycles. The van der Waals surface area contributed by atoms with Crippen LogP contribution in [0.15, 0.2) is 104 Å². The highest BCUT2D eigenvalue weighted by atomic mass is 16.3. The molecular weight excluding hydrogens is 596 g/mol. The molecule has 2 saturated heterocycles. The van der Waals surface area contributed by atoms with Crippen LogP contribution in [0.3, 0.4) is 0 Å². The van der Waals surface area contributed by atoms with Gasteiger partial charge < -0.3 is 25.1 Å². The second-order valence-corrected chi connectivity index (χ2v) is 11.9. The summed E-state index contributed by atoms with van der Waals surface area (Å²) in [6.45, 7) is 5.64. The molecule has 0 spiro atoms. The van der Waals surface area contributed by atoms with Crippen LogP contribution in [0.5, 0.6) is 5.75 Å². The van der Waals surface area contributed by atoms with E-state index >= 15 is 0 Å². The highest BCUT2D eigenvalue weighted by molar-refractivity contribution is 5.95. The van der Waals surface area contributed by atoms with Crippen LogP contribution in [0, 0.1) is 0 Å². The highest BCUT2D eigenvalue weighted by Gasteiger charge is 2.51. The van der Waals surface area contributed by atoms with E-state index in [4.69, 9.17) is 0 Å². The molecule has 0 bridgehead atoms. The molecule has 0 saturated carbocycles. The van der Waals surface area contributed by atoms with Crippen LogP contribution in [0.2, 0.25) is 0 Å². The van der Waals surface area contributed by atoms with Gasteiger partial charge in [0.15, 0.2) is 0 Å². The molecule has 3 aromatic rings. The van der Waals surface area contributed by atoms with Crippen molar-refractivity contribution in [1.82, 2.24) is 30.0 Å². The molecule has 3 heterocycles. The number of carbonyl (C=O) groups excluding carboxylic acids is 4. The summed E-state index contributed by atoms with van der Waals surface area (Å²) >= 11 is 0. The van der Waals surface area contributed by atoms with Crippen LogP contribution in [0.25, 0.3) is 0 Å². The molecule has 5 amide bonds. The predicted molar refractivity (Wildman–Crippen MR) is 175 cm³/mol. The first kappa shape index (κ1) is 31.6. The summed E-state index contributed by atoms with van der Waals surface area (Å²) in [5, 5.41) is 16.0. The monoisotopic (exact) mass is 634 g/mol. The van der Waals surface area contributed by atoms with Crippen LogP contribution >= 0.6 is 0 Å². The summed E-state index contributed by atoms with van der Waals surface area (Å²) in [5.41, 5.74) is 2.98. The number of hydrazine groups is 1. The third-order valence-corrected chi connectivity index (χ3v) is 8.68. The second kappa shape index (κ2) is 13.9. The average Bonchev–Trinajstić information content (AvgIpc) is 3.62. The zero-order chi connectivity index (χ0) is 32.9. The Balaban J connectivity index is 1.32. The maximum atomic E-state index is 14.3. The number of fused-ring (bicyclic) bond motifs is 1. The topological polar surface area (TPSA) is 117 Å². The molecule has 3 aliphatic heterocycles. The lowest BCUT2D eigenvalue weighted by molar-refractivity contribution is -0.189. The largest absolute Gasteiger partial charge is 0.508 e. The number of benzene rings is 3.